The third-order valence-electron chi connectivity index (χ3n) is 3.46. The molecule has 1 amide bonds. The standard InChI is InChI=1S/C15H21Cl2NO/c1-4-11(5-2)14(17)9-18-15(19)13-8-12(16)7-6-10(13)3/h6-8,11,14H,4-5,9H2,1-3H3,(H,18,19). The molecule has 0 bridgehead atoms. The first kappa shape index (κ1) is 16.3. The molecule has 1 rings (SSSR count). The van der Waals surface area contributed by atoms with Gasteiger partial charge in [-0.2, -0.15) is 0 Å². The zero-order chi connectivity index (χ0) is 14.4. The van der Waals surface area contributed by atoms with Gasteiger partial charge in [-0.15, -0.1) is 11.6 Å². The Morgan fingerprint density at radius 1 is 1.32 bits per heavy atom. The van der Waals surface area contributed by atoms with Crippen LogP contribution in [0.2, 0.25) is 5.02 Å². The average molecular weight is 302 g/mol. The van der Waals surface area contributed by atoms with Crippen molar-refractivity contribution in [2.45, 2.75) is 39.0 Å². The van der Waals surface area contributed by atoms with E-state index in [9.17, 15) is 4.79 Å². The molecule has 106 valence electrons. The summed E-state index contributed by atoms with van der Waals surface area (Å²) in [4.78, 5) is 12.1. The smallest absolute Gasteiger partial charge is 0.251 e. The molecule has 0 radical (unpaired) electrons. The highest BCUT2D eigenvalue weighted by Crippen LogP contribution is 2.19. The van der Waals surface area contributed by atoms with Crippen LogP contribution in [0, 0.1) is 12.8 Å². The van der Waals surface area contributed by atoms with E-state index in [1.165, 1.54) is 0 Å². The molecule has 0 heterocycles. The summed E-state index contributed by atoms with van der Waals surface area (Å²) in [5.41, 5.74) is 1.52. The highest BCUT2D eigenvalue weighted by Gasteiger charge is 2.17. The monoisotopic (exact) mass is 301 g/mol. The zero-order valence-corrected chi connectivity index (χ0v) is 13.2. The molecular weight excluding hydrogens is 281 g/mol. The van der Waals surface area contributed by atoms with Crippen LogP contribution in [0.5, 0.6) is 0 Å². The molecular formula is C15H21Cl2NO. The number of halogens is 2. The Kier molecular flexibility index (Phi) is 6.67. The van der Waals surface area contributed by atoms with Gasteiger partial charge in [-0.3, -0.25) is 4.79 Å². The Labute approximate surface area is 125 Å². The summed E-state index contributed by atoms with van der Waals surface area (Å²) in [6.45, 7) is 6.61. The van der Waals surface area contributed by atoms with Crippen LogP contribution in [0.3, 0.4) is 0 Å². The van der Waals surface area contributed by atoms with Crippen LogP contribution in [0.15, 0.2) is 18.2 Å². The Morgan fingerprint density at radius 3 is 2.53 bits per heavy atom. The lowest BCUT2D eigenvalue weighted by Crippen LogP contribution is -2.33. The highest BCUT2D eigenvalue weighted by atomic mass is 35.5. The van der Waals surface area contributed by atoms with Crippen LogP contribution in [0.1, 0.15) is 42.6 Å². The summed E-state index contributed by atoms with van der Waals surface area (Å²) in [6.07, 6.45) is 2.05. The normalized spacial score (nSPS) is 12.5. The second-order valence-electron chi connectivity index (χ2n) is 4.76. The van der Waals surface area contributed by atoms with Crippen molar-refractivity contribution in [3.05, 3.63) is 34.3 Å². The molecule has 0 spiro atoms. The second kappa shape index (κ2) is 7.76. The summed E-state index contributed by atoms with van der Waals surface area (Å²) >= 11 is 12.2. The summed E-state index contributed by atoms with van der Waals surface area (Å²) in [6, 6.07) is 5.31. The number of amides is 1. The molecule has 0 aliphatic rings. The van der Waals surface area contributed by atoms with E-state index in [-0.39, 0.29) is 11.3 Å². The van der Waals surface area contributed by atoms with Crippen LogP contribution in [-0.2, 0) is 0 Å². The van der Waals surface area contributed by atoms with Gasteiger partial charge in [-0.25, -0.2) is 0 Å². The largest absolute Gasteiger partial charge is 0.351 e. The molecule has 0 saturated heterocycles. The first-order valence-corrected chi connectivity index (χ1v) is 7.49. The van der Waals surface area contributed by atoms with Crippen molar-refractivity contribution in [2.75, 3.05) is 6.54 Å². The lowest BCUT2D eigenvalue weighted by Gasteiger charge is -2.19. The van der Waals surface area contributed by atoms with E-state index in [0.717, 1.165) is 18.4 Å². The number of alkyl halides is 1. The van der Waals surface area contributed by atoms with E-state index in [1.807, 2.05) is 13.0 Å². The summed E-state index contributed by atoms with van der Waals surface area (Å²) in [7, 11) is 0. The molecule has 1 aromatic carbocycles. The first-order valence-electron chi connectivity index (χ1n) is 6.68. The molecule has 0 aliphatic heterocycles. The minimum absolute atomic E-state index is 0.0292. The van der Waals surface area contributed by atoms with Crippen LogP contribution >= 0.6 is 23.2 Å². The average Bonchev–Trinajstić information content (AvgIpc) is 2.40. The molecule has 0 aliphatic carbocycles. The van der Waals surface area contributed by atoms with E-state index in [1.54, 1.807) is 12.1 Å². The molecule has 1 atom stereocenters. The van der Waals surface area contributed by atoms with Gasteiger partial charge >= 0.3 is 0 Å². The third-order valence-corrected chi connectivity index (χ3v) is 4.21. The fourth-order valence-electron chi connectivity index (χ4n) is 2.09. The minimum atomic E-state index is -0.114. The number of rotatable bonds is 6. The van der Waals surface area contributed by atoms with Gasteiger partial charge in [-0.1, -0.05) is 44.4 Å². The molecule has 1 unspecified atom stereocenters. The van der Waals surface area contributed by atoms with Gasteiger partial charge in [0.2, 0.25) is 0 Å². The molecule has 1 N–H and O–H groups in total. The van der Waals surface area contributed by atoms with E-state index in [4.69, 9.17) is 23.2 Å². The molecule has 0 saturated carbocycles. The predicted octanol–water partition coefficient (Wildman–Crippen LogP) is 4.42. The number of carbonyl (C=O) groups excluding carboxylic acids is 1. The van der Waals surface area contributed by atoms with E-state index >= 15 is 0 Å². The Bertz CT molecular complexity index is 430. The molecule has 1 aromatic rings. The van der Waals surface area contributed by atoms with Crippen LogP contribution in [0.25, 0.3) is 0 Å². The number of benzene rings is 1. The molecule has 19 heavy (non-hydrogen) atoms. The van der Waals surface area contributed by atoms with E-state index in [0.29, 0.717) is 23.0 Å². The number of nitrogens with one attached hydrogen (secondary N) is 1. The van der Waals surface area contributed by atoms with Crippen molar-refractivity contribution < 1.29 is 4.79 Å². The molecule has 2 nitrogen and oxygen atoms in total. The Balaban J connectivity index is 2.63. The van der Waals surface area contributed by atoms with E-state index in [2.05, 4.69) is 19.2 Å². The number of hydrogen-bond acceptors (Lipinski definition) is 1. The first-order chi connectivity index (χ1) is 8.99. The van der Waals surface area contributed by atoms with Crippen molar-refractivity contribution in [2.24, 2.45) is 5.92 Å². The zero-order valence-electron chi connectivity index (χ0n) is 11.7. The van der Waals surface area contributed by atoms with Gasteiger partial charge in [0.1, 0.15) is 0 Å². The number of hydrogen-bond donors (Lipinski definition) is 1. The maximum atomic E-state index is 12.1. The van der Waals surface area contributed by atoms with Crippen molar-refractivity contribution in [1.29, 1.82) is 0 Å². The van der Waals surface area contributed by atoms with Gasteiger partial charge in [0, 0.05) is 17.1 Å². The van der Waals surface area contributed by atoms with Crippen molar-refractivity contribution >= 4 is 29.1 Å². The fraction of sp³-hybridized carbons (Fsp3) is 0.533. The van der Waals surface area contributed by atoms with Gasteiger partial charge in [0.15, 0.2) is 0 Å². The SMILES string of the molecule is CCC(CC)C(Cl)CNC(=O)c1cc(Cl)ccc1C. The van der Waals surface area contributed by atoms with Gasteiger partial charge < -0.3 is 5.32 Å². The topological polar surface area (TPSA) is 29.1 Å². The number of carbonyl (C=O) groups is 1. The Morgan fingerprint density at radius 2 is 1.95 bits per heavy atom. The maximum Gasteiger partial charge on any atom is 0.251 e. The lowest BCUT2D eigenvalue weighted by molar-refractivity contribution is 0.0951. The Hall–Kier alpha value is -0.730. The van der Waals surface area contributed by atoms with Crippen molar-refractivity contribution in [1.82, 2.24) is 5.32 Å². The van der Waals surface area contributed by atoms with Crippen LogP contribution < -0.4 is 5.32 Å². The minimum Gasteiger partial charge on any atom is -0.351 e. The summed E-state index contributed by atoms with van der Waals surface area (Å²) in [5.74, 6) is 0.319. The molecule has 0 fully saturated rings. The molecule has 4 heteroatoms. The third kappa shape index (κ3) is 4.70. The van der Waals surface area contributed by atoms with Gasteiger partial charge in [-0.05, 0) is 30.5 Å². The summed E-state index contributed by atoms with van der Waals surface area (Å²) in [5, 5.41) is 3.42. The predicted molar refractivity (Wildman–Crippen MR) is 82.2 cm³/mol. The second-order valence-corrected chi connectivity index (χ2v) is 5.76. The van der Waals surface area contributed by atoms with Crippen LogP contribution in [-0.4, -0.2) is 17.8 Å². The maximum absolute atomic E-state index is 12.1. The van der Waals surface area contributed by atoms with Gasteiger partial charge in [0.05, 0.1) is 5.38 Å². The van der Waals surface area contributed by atoms with Crippen LogP contribution in [0.4, 0.5) is 0 Å². The van der Waals surface area contributed by atoms with Gasteiger partial charge in [0.25, 0.3) is 5.91 Å². The highest BCUT2D eigenvalue weighted by molar-refractivity contribution is 6.31. The van der Waals surface area contributed by atoms with Crippen molar-refractivity contribution in [3.8, 4) is 0 Å². The molecule has 0 aromatic heterocycles. The van der Waals surface area contributed by atoms with E-state index < -0.39 is 0 Å². The number of aryl methyl sites for hydroxylation is 1. The quantitative estimate of drug-likeness (QED) is 0.774. The van der Waals surface area contributed by atoms with Crippen molar-refractivity contribution in [3.63, 3.8) is 0 Å². The summed E-state index contributed by atoms with van der Waals surface area (Å²) < 4.78 is 0. The lowest BCUT2D eigenvalue weighted by atomic mass is 9.99. The fourth-order valence-corrected chi connectivity index (χ4v) is 2.70.